The van der Waals surface area contributed by atoms with E-state index in [0.29, 0.717) is 13.1 Å². The summed E-state index contributed by atoms with van der Waals surface area (Å²) in [5.74, 6) is 0.296. The molecule has 3 heterocycles. The van der Waals surface area contributed by atoms with Gasteiger partial charge in [-0.2, -0.15) is 5.10 Å². The molecule has 4 rings (SSSR count). The quantitative estimate of drug-likeness (QED) is 0.865. The smallest absolute Gasteiger partial charge is 0.246 e. The zero-order valence-electron chi connectivity index (χ0n) is 14.8. The van der Waals surface area contributed by atoms with E-state index in [0.717, 1.165) is 29.8 Å². The van der Waals surface area contributed by atoms with Crippen molar-refractivity contribution >= 4 is 23.6 Å². The third-order valence-electron chi connectivity index (χ3n) is 5.41. The first kappa shape index (κ1) is 16.6. The highest BCUT2D eigenvalue weighted by molar-refractivity contribution is 6.03. The topological polar surface area (TPSA) is 67.2 Å². The Morgan fingerprint density at radius 2 is 2.00 bits per heavy atom. The highest BCUT2D eigenvalue weighted by Crippen LogP contribution is 2.41. The molecule has 2 aliphatic rings. The van der Waals surface area contributed by atoms with Crippen LogP contribution in [0, 0.1) is 5.92 Å². The van der Waals surface area contributed by atoms with Gasteiger partial charge in [-0.15, -0.1) is 0 Å². The fraction of sp³-hybridized carbons (Fsp3) is 0.350. The minimum atomic E-state index is -0.0894. The Bertz CT molecular complexity index is 862. The average molecular weight is 350 g/mol. The molecule has 6 nitrogen and oxygen atoms in total. The maximum absolute atomic E-state index is 12.4. The first-order chi connectivity index (χ1) is 12.6. The predicted octanol–water partition coefficient (Wildman–Crippen LogP) is 2.41. The number of para-hydroxylation sites is 1. The minimum absolute atomic E-state index is 0.0147. The first-order valence-electron chi connectivity index (χ1n) is 8.98. The number of carbonyl (C=O) groups is 2. The number of nitrogens with zero attached hydrogens (tertiary/aromatic N) is 3. The highest BCUT2D eigenvalue weighted by atomic mass is 16.2. The number of fused-ring (bicyclic) bond motifs is 1. The summed E-state index contributed by atoms with van der Waals surface area (Å²) in [6.07, 6.45) is 6.80. The lowest BCUT2D eigenvalue weighted by Crippen LogP contribution is -2.39. The van der Waals surface area contributed by atoms with Gasteiger partial charge in [0.15, 0.2) is 0 Å². The molecule has 1 aromatic heterocycles. The van der Waals surface area contributed by atoms with Crippen LogP contribution in [0.4, 0.5) is 5.69 Å². The van der Waals surface area contributed by atoms with Crippen LogP contribution in [0.5, 0.6) is 0 Å². The van der Waals surface area contributed by atoms with Crippen LogP contribution in [0.2, 0.25) is 0 Å². The lowest BCUT2D eigenvalue weighted by atomic mass is 9.81. The molecule has 1 atom stereocenters. The van der Waals surface area contributed by atoms with Crippen molar-refractivity contribution in [2.75, 3.05) is 18.4 Å². The molecular formula is C20H22N4O2. The van der Waals surface area contributed by atoms with E-state index >= 15 is 0 Å². The second-order valence-electron chi connectivity index (χ2n) is 6.93. The van der Waals surface area contributed by atoms with E-state index in [4.69, 9.17) is 0 Å². The normalized spacial score (nSPS) is 20.4. The Morgan fingerprint density at radius 3 is 2.73 bits per heavy atom. The number of hydrogen-bond donors (Lipinski definition) is 1. The number of amides is 2. The van der Waals surface area contributed by atoms with Gasteiger partial charge in [0.05, 0.1) is 11.6 Å². The van der Waals surface area contributed by atoms with Crippen LogP contribution in [0.15, 0.2) is 42.6 Å². The fourth-order valence-corrected chi connectivity index (χ4v) is 3.96. The van der Waals surface area contributed by atoms with Crippen LogP contribution >= 0.6 is 0 Å². The van der Waals surface area contributed by atoms with Gasteiger partial charge in [0, 0.05) is 38.1 Å². The molecule has 0 radical (unpaired) electrons. The van der Waals surface area contributed by atoms with Gasteiger partial charge >= 0.3 is 0 Å². The SMILES string of the molecule is Cn1nccc1/C=C/C(=O)N1CCC(C2C(=O)Nc3ccccc32)CC1. The summed E-state index contributed by atoms with van der Waals surface area (Å²) in [6, 6.07) is 9.78. The molecule has 2 aromatic rings. The van der Waals surface area contributed by atoms with Crippen LogP contribution in [0.1, 0.15) is 30.0 Å². The Hall–Kier alpha value is -2.89. The Balaban J connectivity index is 1.39. The first-order valence-corrected chi connectivity index (χ1v) is 8.98. The molecule has 1 aromatic carbocycles. The maximum atomic E-state index is 12.4. The number of hydrogen-bond acceptors (Lipinski definition) is 3. The number of aryl methyl sites for hydroxylation is 1. The number of rotatable bonds is 3. The number of carbonyl (C=O) groups excluding carboxylic acids is 2. The lowest BCUT2D eigenvalue weighted by Gasteiger charge is -2.33. The summed E-state index contributed by atoms with van der Waals surface area (Å²) in [4.78, 5) is 26.7. The molecule has 2 aliphatic heterocycles. The molecular weight excluding hydrogens is 328 g/mol. The van der Waals surface area contributed by atoms with Gasteiger partial charge in [0.1, 0.15) is 0 Å². The van der Waals surface area contributed by atoms with Crippen LogP contribution in [0.3, 0.4) is 0 Å². The van der Waals surface area contributed by atoms with Gasteiger partial charge in [0.2, 0.25) is 11.8 Å². The summed E-state index contributed by atoms with van der Waals surface area (Å²) in [5, 5.41) is 7.07. The number of piperidine rings is 1. The van der Waals surface area contributed by atoms with Gasteiger partial charge in [-0.3, -0.25) is 14.3 Å². The van der Waals surface area contributed by atoms with Crippen LogP contribution < -0.4 is 5.32 Å². The van der Waals surface area contributed by atoms with Crippen molar-refractivity contribution < 1.29 is 9.59 Å². The molecule has 6 heteroatoms. The van der Waals surface area contributed by atoms with Gasteiger partial charge in [0.25, 0.3) is 0 Å². The molecule has 0 aliphatic carbocycles. The fourth-order valence-electron chi connectivity index (χ4n) is 3.96. The van der Waals surface area contributed by atoms with Crippen LogP contribution in [-0.4, -0.2) is 39.6 Å². The van der Waals surface area contributed by atoms with E-state index in [1.165, 1.54) is 0 Å². The third kappa shape index (κ3) is 3.03. The summed E-state index contributed by atoms with van der Waals surface area (Å²) in [5.41, 5.74) is 2.92. The summed E-state index contributed by atoms with van der Waals surface area (Å²) in [6.45, 7) is 1.37. The van der Waals surface area contributed by atoms with Crippen molar-refractivity contribution in [3.05, 3.63) is 53.9 Å². The van der Waals surface area contributed by atoms with Crippen LogP contribution in [-0.2, 0) is 16.6 Å². The number of likely N-dealkylation sites (tertiary alicyclic amines) is 1. The van der Waals surface area contributed by atoms with E-state index in [1.807, 2.05) is 42.3 Å². The van der Waals surface area contributed by atoms with E-state index < -0.39 is 0 Å². The molecule has 2 amide bonds. The van der Waals surface area contributed by atoms with Crippen molar-refractivity contribution in [2.45, 2.75) is 18.8 Å². The van der Waals surface area contributed by atoms with Crippen molar-refractivity contribution in [1.29, 1.82) is 0 Å². The molecule has 1 saturated heterocycles. The van der Waals surface area contributed by atoms with Crippen molar-refractivity contribution in [2.24, 2.45) is 13.0 Å². The zero-order chi connectivity index (χ0) is 18.1. The van der Waals surface area contributed by atoms with E-state index in [1.54, 1.807) is 23.0 Å². The summed E-state index contributed by atoms with van der Waals surface area (Å²) >= 11 is 0. The second-order valence-corrected chi connectivity index (χ2v) is 6.93. The van der Waals surface area contributed by atoms with Crippen LogP contribution in [0.25, 0.3) is 6.08 Å². The third-order valence-corrected chi connectivity index (χ3v) is 5.41. The monoisotopic (exact) mass is 350 g/mol. The van der Waals surface area contributed by atoms with Crippen molar-refractivity contribution in [3.63, 3.8) is 0 Å². The molecule has 0 spiro atoms. The predicted molar refractivity (Wildman–Crippen MR) is 99.4 cm³/mol. The zero-order valence-corrected chi connectivity index (χ0v) is 14.8. The van der Waals surface area contributed by atoms with Gasteiger partial charge in [-0.1, -0.05) is 18.2 Å². The second kappa shape index (κ2) is 6.78. The Labute approximate surface area is 152 Å². The molecule has 26 heavy (non-hydrogen) atoms. The van der Waals surface area contributed by atoms with E-state index in [2.05, 4.69) is 10.4 Å². The number of benzene rings is 1. The molecule has 0 saturated carbocycles. The molecule has 1 fully saturated rings. The molecule has 0 bridgehead atoms. The standard InChI is InChI=1S/C20H22N4O2/c1-23-15(8-11-21-23)6-7-18(25)24-12-9-14(10-13-24)19-16-4-2-3-5-17(16)22-20(19)26/h2-8,11,14,19H,9-10,12-13H2,1H3,(H,22,26)/b7-6+. The Kier molecular flexibility index (Phi) is 4.32. The largest absolute Gasteiger partial charge is 0.339 e. The molecule has 134 valence electrons. The summed E-state index contributed by atoms with van der Waals surface area (Å²) in [7, 11) is 1.85. The van der Waals surface area contributed by atoms with Crippen molar-refractivity contribution in [3.8, 4) is 0 Å². The number of aromatic nitrogens is 2. The molecule has 1 N–H and O–H groups in total. The van der Waals surface area contributed by atoms with E-state index in [-0.39, 0.29) is 23.7 Å². The van der Waals surface area contributed by atoms with Crippen molar-refractivity contribution in [1.82, 2.24) is 14.7 Å². The maximum Gasteiger partial charge on any atom is 0.246 e. The molecule has 1 unspecified atom stereocenters. The van der Waals surface area contributed by atoms with E-state index in [9.17, 15) is 9.59 Å². The van der Waals surface area contributed by atoms with Gasteiger partial charge in [-0.25, -0.2) is 0 Å². The summed E-state index contributed by atoms with van der Waals surface area (Å²) < 4.78 is 1.73. The van der Waals surface area contributed by atoms with Gasteiger partial charge in [-0.05, 0) is 42.5 Å². The Morgan fingerprint density at radius 1 is 1.23 bits per heavy atom. The number of nitrogens with one attached hydrogen (secondary N) is 1. The lowest BCUT2D eigenvalue weighted by molar-refractivity contribution is -0.127. The van der Waals surface area contributed by atoms with Gasteiger partial charge < -0.3 is 10.2 Å². The number of anilines is 1. The highest BCUT2D eigenvalue weighted by Gasteiger charge is 2.38. The minimum Gasteiger partial charge on any atom is -0.339 e. The average Bonchev–Trinajstić information content (AvgIpc) is 3.21.